The number of ether oxygens (including phenoxy) is 1. The Morgan fingerprint density at radius 1 is 1.57 bits per heavy atom. The molecule has 1 aromatic carbocycles. The van der Waals surface area contributed by atoms with E-state index >= 15 is 0 Å². The molecule has 2 aromatic rings. The minimum absolute atomic E-state index is 0.0972. The van der Waals surface area contributed by atoms with Crippen molar-refractivity contribution in [1.82, 2.24) is 10.3 Å². The summed E-state index contributed by atoms with van der Waals surface area (Å²) in [5, 5.41) is 4.26. The van der Waals surface area contributed by atoms with Gasteiger partial charge in [0, 0.05) is 18.6 Å². The number of hydrogen-bond donors (Lipinski definition) is 1. The summed E-state index contributed by atoms with van der Waals surface area (Å²) < 4.78 is 6.61. The van der Waals surface area contributed by atoms with Crippen molar-refractivity contribution in [2.45, 2.75) is 13.0 Å². The average molecular weight is 326 g/mol. The number of rotatable bonds is 2. The molecular weight excluding hydrogens is 310 g/mol. The summed E-state index contributed by atoms with van der Waals surface area (Å²) in [4.78, 5) is 18.5. The first-order valence-corrected chi connectivity index (χ1v) is 7.93. The van der Waals surface area contributed by atoms with Crippen LogP contribution in [0.4, 0.5) is 5.13 Å². The van der Waals surface area contributed by atoms with Gasteiger partial charge in [-0.15, -0.1) is 0 Å². The van der Waals surface area contributed by atoms with E-state index in [0.29, 0.717) is 13.2 Å². The fourth-order valence-corrected chi connectivity index (χ4v) is 3.58. The number of amides is 1. The number of likely N-dealkylation sites (N-methyl/N-ethyl adjacent to an activating group) is 1. The van der Waals surface area contributed by atoms with Gasteiger partial charge in [0.15, 0.2) is 11.2 Å². The predicted octanol–water partition coefficient (Wildman–Crippen LogP) is 2.21. The molecule has 1 amide bonds. The van der Waals surface area contributed by atoms with E-state index in [4.69, 9.17) is 16.3 Å². The van der Waals surface area contributed by atoms with Gasteiger partial charge in [-0.1, -0.05) is 22.9 Å². The summed E-state index contributed by atoms with van der Waals surface area (Å²) in [5.41, 5.74) is 1.93. The minimum atomic E-state index is -0.444. The molecule has 1 N–H and O–H groups in total. The first-order chi connectivity index (χ1) is 10.1. The maximum atomic E-state index is 11.7. The Hall–Kier alpha value is -1.37. The third kappa shape index (κ3) is 2.71. The van der Waals surface area contributed by atoms with Crippen molar-refractivity contribution in [2.75, 3.05) is 31.6 Å². The van der Waals surface area contributed by atoms with Gasteiger partial charge in [0.05, 0.1) is 23.4 Å². The van der Waals surface area contributed by atoms with Gasteiger partial charge in [-0.05, 0) is 24.6 Å². The number of nitrogens with zero attached hydrogens (tertiary/aromatic N) is 2. The number of benzene rings is 1. The van der Waals surface area contributed by atoms with Crippen LogP contribution in [0, 0.1) is 6.92 Å². The van der Waals surface area contributed by atoms with Crippen molar-refractivity contribution in [2.24, 2.45) is 0 Å². The minimum Gasteiger partial charge on any atom is -0.365 e. The highest BCUT2D eigenvalue weighted by atomic mass is 35.5. The van der Waals surface area contributed by atoms with Gasteiger partial charge in [-0.3, -0.25) is 4.79 Å². The Labute approximate surface area is 131 Å². The lowest BCUT2D eigenvalue weighted by Crippen LogP contribution is -2.49. The number of anilines is 1. The monoisotopic (exact) mass is 325 g/mol. The Kier molecular flexibility index (Phi) is 4.01. The zero-order valence-corrected chi connectivity index (χ0v) is 13.4. The number of halogens is 1. The van der Waals surface area contributed by atoms with Crippen molar-refractivity contribution in [3.63, 3.8) is 0 Å². The van der Waals surface area contributed by atoms with Crippen LogP contribution in [-0.4, -0.2) is 43.7 Å². The van der Waals surface area contributed by atoms with Gasteiger partial charge in [0.25, 0.3) is 5.91 Å². The van der Waals surface area contributed by atoms with Crippen LogP contribution in [0.3, 0.4) is 0 Å². The molecule has 3 rings (SSSR count). The maximum absolute atomic E-state index is 11.7. The van der Waals surface area contributed by atoms with Crippen LogP contribution >= 0.6 is 22.9 Å². The molecule has 21 heavy (non-hydrogen) atoms. The van der Waals surface area contributed by atoms with E-state index in [1.807, 2.05) is 19.1 Å². The van der Waals surface area contributed by atoms with Crippen molar-refractivity contribution in [3.05, 3.63) is 22.7 Å². The molecular formula is C14H16ClN3O2S. The summed E-state index contributed by atoms with van der Waals surface area (Å²) >= 11 is 7.76. The molecule has 1 fully saturated rings. The first-order valence-electron chi connectivity index (χ1n) is 6.74. The smallest absolute Gasteiger partial charge is 0.250 e. The van der Waals surface area contributed by atoms with E-state index in [9.17, 15) is 4.79 Å². The lowest BCUT2D eigenvalue weighted by atomic mass is 10.2. The van der Waals surface area contributed by atoms with Gasteiger partial charge in [-0.25, -0.2) is 4.98 Å². The molecule has 1 aliphatic rings. The van der Waals surface area contributed by atoms with Crippen LogP contribution in [0.5, 0.6) is 0 Å². The molecule has 0 aliphatic carbocycles. The molecule has 1 saturated heterocycles. The Morgan fingerprint density at radius 3 is 3.14 bits per heavy atom. The van der Waals surface area contributed by atoms with Crippen LogP contribution in [0.15, 0.2) is 12.1 Å². The van der Waals surface area contributed by atoms with E-state index in [1.165, 1.54) is 0 Å². The van der Waals surface area contributed by atoms with E-state index < -0.39 is 6.10 Å². The maximum Gasteiger partial charge on any atom is 0.250 e. The van der Waals surface area contributed by atoms with Crippen LogP contribution in [0.2, 0.25) is 5.02 Å². The summed E-state index contributed by atoms with van der Waals surface area (Å²) in [5.74, 6) is -0.0972. The largest absolute Gasteiger partial charge is 0.365 e. The normalized spacial score (nSPS) is 19.0. The second-order valence-electron chi connectivity index (χ2n) is 4.94. The number of morpholine rings is 1. The first kappa shape index (κ1) is 14.6. The zero-order chi connectivity index (χ0) is 15.0. The van der Waals surface area contributed by atoms with Crippen molar-refractivity contribution < 1.29 is 9.53 Å². The molecule has 2 heterocycles. The van der Waals surface area contributed by atoms with Crippen LogP contribution in [0.25, 0.3) is 10.2 Å². The molecule has 1 atom stereocenters. The van der Waals surface area contributed by atoms with Crippen molar-refractivity contribution >= 4 is 44.2 Å². The summed E-state index contributed by atoms with van der Waals surface area (Å²) in [6.45, 7) is 3.75. The van der Waals surface area contributed by atoms with Gasteiger partial charge in [-0.2, -0.15) is 0 Å². The Bertz CT molecular complexity index is 688. The van der Waals surface area contributed by atoms with Crippen molar-refractivity contribution in [3.8, 4) is 0 Å². The number of hydrogen-bond acceptors (Lipinski definition) is 5. The van der Waals surface area contributed by atoms with E-state index in [1.54, 1.807) is 18.4 Å². The molecule has 0 radical (unpaired) electrons. The topological polar surface area (TPSA) is 54.5 Å². The molecule has 0 spiro atoms. The molecule has 1 aromatic heterocycles. The lowest BCUT2D eigenvalue weighted by Gasteiger charge is -2.31. The standard InChI is InChI=1S/C14H16ClN3O2S/c1-8-9(15)3-4-11-12(8)17-14(21-11)18-5-6-20-10(7-18)13(19)16-2/h3-4,10H,5-7H2,1-2H3,(H,16,19). The van der Waals surface area contributed by atoms with Crippen molar-refractivity contribution in [1.29, 1.82) is 0 Å². The molecule has 0 bridgehead atoms. The molecule has 5 nitrogen and oxygen atoms in total. The van der Waals surface area contributed by atoms with E-state index in [0.717, 1.165) is 32.5 Å². The summed E-state index contributed by atoms with van der Waals surface area (Å²) in [6, 6.07) is 3.89. The fraction of sp³-hybridized carbons (Fsp3) is 0.429. The number of carbonyl (C=O) groups is 1. The number of carbonyl (C=O) groups excluding carboxylic acids is 1. The highest BCUT2D eigenvalue weighted by Crippen LogP contribution is 2.34. The van der Waals surface area contributed by atoms with Crippen LogP contribution in [-0.2, 0) is 9.53 Å². The predicted molar refractivity (Wildman–Crippen MR) is 85.4 cm³/mol. The molecule has 1 unspecified atom stereocenters. The second-order valence-corrected chi connectivity index (χ2v) is 6.35. The number of fused-ring (bicyclic) bond motifs is 1. The van der Waals surface area contributed by atoms with Crippen LogP contribution < -0.4 is 10.2 Å². The third-order valence-electron chi connectivity index (χ3n) is 3.61. The number of thiazole rings is 1. The van der Waals surface area contributed by atoms with Gasteiger partial charge >= 0.3 is 0 Å². The SMILES string of the molecule is CNC(=O)C1CN(c2nc3c(C)c(Cl)ccc3s2)CCO1. The molecule has 1 aliphatic heterocycles. The number of aryl methyl sites for hydroxylation is 1. The average Bonchev–Trinajstić information content (AvgIpc) is 2.95. The number of aromatic nitrogens is 1. The quantitative estimate of drug-likeness (QED) is 0.920. The summed E-state index contributed by atoms with van der Waals surface area (Å²) in [7, 11) is 1.62. The highest BCUT2D eigenvalue weighted by Gasteiger charge is 2.27. The van der Waals surface area contributed by atoms with Gasteiger partial charge < -0.3 is 15.0 Å². The summed E-state index contributed by atoms with van der Waals surface area (Å²) in [6.07, 6.45) is -0.444. The Balaban J connectivity index is 1.90. The molecule has 0 saturated carbocycles. The highest BCUT2D eigenvalue weighted by molar-refractivity contribution is 7.22. The zero-order valence-electron chi connectivity index (χ0n) is 11.9. The number of nitrogens with one attached hydrogen (secondary N) is 1. The Morgan fingerprint density at radius 2 is 2.38 bits per heavy atom. The van der Waals surface area contributed by atoms with E-state index in [-0.39, 0.29) is 5.91 Å². The van der Waals surface area contributed by atoms with E-state index in [2.05, 4.69) is 15.2 Å². The molecule has 7 heteroatoms. The van der Waals surface area contributed by atoms with Crippen LogP contribution in [0.1, 0.15) is 5.56 Å². The third-order valence-corrected chi connectivity index (χ3v) is 5.10. The molecule has 112 valence electrons. The fourth-order valence-electron chi connectivity index (χ4n) is 2.37. The lowest BCUT2D eigenvalue weighted by molar-refractivity contribution is -0.132. The second kappa shape index (κ2) is 5.79. The van der Waals surface area contributed by atoms with Gasteiger partial charge in [0.1, 0.15) is 0 Å². The van der Waals surface area contributed by atoms with Gasteiger partial charge in [0.2, 0.25) is 0 Å².